The van der Waals surface area contributed by atoms with E-state index in [0.29, 0.717) is 25.4 Å². The van der Waals surface area contributed by atoms with Crippen molar-refractivity contribution in [3.8, 4) is 0 Å². The van der Waals surface area contributed by atoms with E-state index in [9.17, 15) is 14.4 Å². The van der Waals surface area contributed by atoms with Crippen LogP contribution in [0.1, 0.15) is 50.0 Å². The Balaban J connectivity index is 1.16. The Labute approximate surface area is 158 Å². The second-order valence-electron chi connectivity index (χ2n) is 7.79. The van der Waals surface area contributed by atoms with Gasteiger partial charge in [-0.15, -0.1) is 0 Å². The molecule has 27 heavy (non-hydrogen) atoms. The van der Waals surface area contributed by atoms with Crippen LogP contribution in [0.25, 0.3) is 0 Å². The van der Waals surface area contributed by atoms with E-state index in [2.05, 4.69) is 28.1 Å². The fourth-order valence-electron chi connectivity index (χ4n) is 4.28. The molecule has 3 aliphatic rings. The fraction of sp³-hybridized carbons (Fsp3) is 0.550. The van der Waals surface area contributed by atoms with Gasteiger partial charge in [-0.25, -0.2) is 9.59 Å². The molecule has 144 valence electrons. The van der Waals surface area contributed by atoms with Crippen LogP contribution in [0.5, 0.6) is 0 Å². The van der Waals surface area contributed by atoms with E-state index in [1.54, 1.807) is 0 Å². The van der Waals surface area contributed by atoms with Gasteiger partial charge in [0.2, 0.25) is 0 Å². The summed E-state index contributed by atoms with van der Waals surface area (Å²) in [6, 6.07) is 9.87. The Bertz CT molecular complexity index is 730. The van der Waals surface area contributed by atoms with Gasteiger partial charge in [-0.3, -0.25) is 9.69 Å². The maximum absolute atomic E-state index is 12.5. The van der Waals surface area contributed by atoms with Crippen LogP contribution in [-0.2, 0) is 4.79 Å². The van der Waals surface area contributed by atoms with Gasteiger partial charge in [-0.1, -0.05) is 43.2 Å². The number of carbonyl (C=O) groups is 3. The molecule has 3 fully saturated rings. The first-order valence-corrected chi connectivity index (χ1v) is 9.82. The van der Waals surface area contributed by atoms with Gasteiger partial charge in [0.1, 0.15) is 5.54 Å². The van der Waals surface area contributed by atoms with Crippen molar-refractivity contribution in [3.63, 3.8) is 0 Å². The average molecular weight is 370 g/mol. The summed E-state index contributed by atoms with van der Waals surface area (Å²) in [4.78, 5) is 37.9. The molecule has 7 heteroatoms. The number of nitrogens with one attached hydrogen (secondary N) is 3. The standard InChI is InChI=1S/C20H26N4O3/c25-17-20(9-4-5-10-20)23-19(27)24(17)12-6-11-21-18(26)22-16-13-15(16)14-7-2-1-3-8-14/h1-3,7-8,15-16H,4-6,9-13H2,(H,23,27)(H2,21,22,26). The highest BCUT2D eigenvalue weighted by molar-refractivity contribution is 6.07. The van der Waals surface area contributed by atoms with Crippen molar-refractivity contribution in [2.75, 3.05) is 13.1 Å². The molecule has 3 N–H and O–H groups in total. The zero-order chi connectivity index (χ0) is 18.9. The summed E-state index contributed by atoms with van der Waals surface area (Å²) >= 11 is 0. The van der Waals surface area contributed by atoms with E-state index in [1.807, 2.05) is 18.2 Å². The third-order valence-electron chi connectivity index (χ3n) is 5.88. The largest absolute Gasteiger partial charge is 0.338 e. The van der Waals surface area contributed by atoms with E-state index in [-0.39, 0.29) is 24.0 Å². The van der Waals surface area contributed by atoms with Crippen LogP contribution in [0, 0.1) is 0 Å². The van der Waals surface area contributed by atoms with Gasteiger partial charge in [0.05, 0.1) is 0 Å². The van der Waals surface area contributed by atoms with Crippen LogP contribution in [0.4, 0.5) is 9.59 Å². The summed E-state index contributed by atoms with van der Waals surface area (Å²) in [5.74, 6) is 0.295. The minimum Gasteiger partial charge on any atom is -0.338 e. The summed E-state index contributed by atoms with van der Waals surface area (Å²) in [7, 11) is 0. The summed E-state index contributed by atoms with van der Waals surface area (Å²) in [6.45, 7) is 0.765. The number of benzene rings is 1. The molecule has 1 heterocycles. The van der Waals surface area contributed by atoms with Crippen molar-refractivity contribution in [1.82, 2.24) is 20.9 Å². The highest BCUT2D eigenvalue weighted by Crippen LogP contribution is 2.40. The lowest BCUT2D eigenvalue weighted by Crippen LogP contribution is -2.44. The molecule has 2 atom stereocenters. The van der Waals surface area contributed by atoms with E-state index >= 15 is 0 Å². The fourth-order valence-corrected chi connectivity index (χ4v) is 4.28. The zero-order valence-corrected chi connectivity index (χ0v) is 15.4. The van der Waals surface area contributed by atoms with Crippen LogP contribution in [0.15, 0.2) is 30.3 Å². The third kappa shape index (κ3) is 3.63. The number of amides is 5. The first kappa shape index (κ1) is 17.8. The van der Waals surface area contributed by atoms with Gasteiger partial charge in [-0.2, -0.15) is 0 Å². The van der Waals surface area contributed by atoms with Gasteiger partial charge in [0.25, 0.3) is 5.91 Å². The summed E-state index contributed by atoms with van der Waals surface area (Å²) in [5.41, 5.74) is 0.600. The van der Waals surface area contributed by atoms with E-state index in [1.165, 1.54) is 10.5 Å². The van der Waals surface area contributed by atoms with Crippen LogP contribution >= 0.6 is 0 Å². The highest BCUT2D eigenvalue weighted by atomic mass is 16.2. The zero-order valence-electron chi connectivity index (χ0n) is 15.4. The Hall–Kier alpha value is -2.57. The van der Waals surface area contributed by atoms with Crippen molar-refractivity contribution in [1.29, 1.82) is 0 Å². The maximum Gasteiger partial charge on any atom is 0.325 e. The van der Waals surface area contributed by atoms with Gasteiger partial charge in [0.15, 0.2) is 0 Å². The molecule has 5 amide bonds. The van der Waals surface area contributed by atoms with Crippen LogP contribution < -0.4 is 16.0 Å². The molecular weight excluding hydrogens is 344 g/mol. The SMILES string of the molecule is O=C(NCCCN1C(=O)NC2(CCCC2)C1=O)NC1CC1c1ccccc1. The van der Waals surface area contributed by atoms with Crippen molar-refractivity contribution >= 4 is 18.0 Å². The van der Waals surface area contributed by atoms with Crippen molar-refractivity contribution < 1.29 is 14.4 Å². The average Bonchev–Trinajstić information content (AvgIpc) is 3.19. The topological polar surface area (TPSA) is 90.5 Å². The number of nitrogens with zero attached hydrogens (tertiary/aromatic N) is 1. The van der Waals surface area contributed by atoms with Crippen molar-refractivity contribution in [3.05, 3.63) is 35.9 Å². The number of rotatable bonds is 6. The number of imide groups is 1. The molecule has 2 saturated carbocycles. The molecule has 1 saturated heterocycles. The lowest BCUT2D eigenvalue weighted by atomic mass is 9.98. The van der Waals surface area contributed by atoms with Crippen molar-refractivity contribution in [2.45, 2.75) is 56.0 Å². The Kier molecular flexibility index (Phi) is 4.76. The van der Waals surface area contributed by atoms with Crippen molar-refractivity contribution in [2.24, 2.45) is 0 Å². The van der Waals surface area contributed by atoms with Gasteiger partial charge >= 0.3 is 12.1 Å². The first-order chi connectivity index (χ1) is 13.1. The molecule has 7 nitrogen and oxygen atoms in total. The maximum atomic E-state index is 12.5. The highest BCUT2D eigenvalue weighted by Gasteiger charge is 2.52. The molecule has 1 aromatic carbocycles. The van der Waals surface area contributed by atoms with Gasteiger partial charge < -0.3 is 16.0 Å². The third-order valence-corrected chi connectivity index (χ3v) is 5.88. The first-order valence-electron chi connectivity index (χ1n) is 9.82. The molecule has 1 spiro atoms. The molecule has 2 aliphatic carbocycles. The van der Waals surface area contributed by atoms with E-state index < -0.39 is 5.54 Å². The molecule has 1 aliphatic heterocycles. The van der Waals surface area contributed by atoms with Gasteiger partial charge in [-0.05, 0) is 31.2 Å². The minimum absolute atomic E-state index is 0.0989. The molecule has 2 unspecified atom stereocenters. The monoisotopic (exact) mass is 370 g/mol. The number of carbonyl (C=O) groups excluding carboxylic acids is 3. The normalized spacial score (nSPS) is 25.6. The van der Waals surface area contributed by atoms with E-state index in [4.69, 9.17) is 0 Å². The Morgan fingerprint density at radius 3 is 2.67 bits per heavy atom. The number of urea groups is 2. The number of hydrogen-bond donors (Lipinski definition) is 3. The quantitative estimate of drug-likeness (QED) is 0.529. The smallest absolute Gasteiger partial charge is 0.325 e. The molecule has 1 aromatic rings. The van der Waals surface area contributed by atoms with E-state index in [0.717, 1.165) is 32.1 Å². The molecule has 4 rings (SSSR count). The Morgan fingerprint density at radius 2 is 1.93 bits per heavy atom. The molecule has 0 aromatic heterocycles. The lowest BCUT2D eigenvalue weighted by molar-refractivity contribution is -0.131. The summed E-state index contributed by atoms with van der Waals surface area (Å²) < 4.78 is 0. The molecular formula is C20H26N4O3. The second-order valence-corrected chi connectivity index (χ2v) is 7.79. The van der Waals surface area contributed by atoms with Crippen LogP contribution in [0.2, 0.25) is 0 Å². The summed E-state index contributed by atoms with van der Waals surface area (Å²) in [6.07, 6.45) is 4.94. The van der Waals surface area contributed by atoms with Crippen LogP contribution in [-0.4, -0.2) is 47.5 Å². The Morgan fingerprint density at radius 1 is 1.19 bits per heavy atom. The molecule has 0 bridgehead atoms. The summed E-state index contributed by atoms with van der Waals surface area (Å²) in [5, 5.41) is 8.67. The predicted octanol–water partition coefficient (Wildman–Crippen LogP) is 2.10. The van der Waals surface area contributed by atoms with Crippen LogP contribution in [0.3, 0.4) is 0 Å². The predicted molar refractivity (Wildman–Crippen MR) is 100 cm³/mol. The molecule has 0 radical (unpaired) electrons. The van der Waals surface area contributed by atoms with Gasteiger partial charge in [0, 0.05) is 25.0 Å². The number of hydrogen-bond acceptors (Lipinski definition) is 3. The minimum atomic E-state index is -0.652. The lowest BCUT2D eigenvalue weighted by Gasteiger charge is -2.20. The second kappa shape index (κ2) is 7.21.